The molecule has 0 bridgehead atoms. The normalized spacial score (nSPS) is 10.6. The van der Waals surface area contributed by atoms with Gasteiger partial charge in [0, 0.05) is 18.0 Å². The Morgan fingerprint density at radius 1 is 1.11 bits per heavy atom. The van der Waals surface area contributed by atoms with Gasteiger partial charge in [0.05, 0.1) is 5.56 Å². The number of aromatic hydroxyl groups is 1. The van der Waals surface area contributed by atoms with Crippen molar-refractivity contribution in [2.24, 2.45) is 0 Å². The number of hydrogen-bond donors (Lipinski definition) is 1. The number of rotatable bonds is 2. The van der Waals surface area contributed by atoms with Crippen LogP contribution in [0.2, 0.25) is 0 Å². The minimum atomic E-state index is 0.168. The fourth-order valence-electron chi connectivity index (χ4n) is 1.77. The first-order valence-corrected chi connectivity index (χ1v) is 5.77. The SMILES string of the molecule is Cc1cncc(-c2nc(-c3cccc(O)c3)no2)c1. The molecule has 0 aliphatic carbocycles. The molecule has 0 fully saturated rings. The molecule has 3 rings (SSSR count). The van der Waals surface area contributed by atoms with Gasteiger partial charge in [0.25, 0.3) is 5.89 Å². The number of aromatic nitrogens is 3. The molecule has 1 N–H and O–H groups in total. The van der Waals surface area contributed by atoms with Crippen LogP contribution < -0.4 is 0 Å². The van der Waals surface area contributed by atoms with E-state index in [1.54, 1.807) is 30.6 Å². The quantitative estimate of drug-likeness (QED) is 0.760. The summed E-state index contributed by atoms with van der Waals surface area (Å²) in [5.74, 6) is 1.02. The number of phenols is 1. The van der Waals surface area contributed by atoms with E-state index in [1.807, 2.05) is 19.1 Å². The molecule has 0 aliphatic rings. The highest BCUT2D eigenvalue weighted by Gasteiger charge is 2.11. The molecular weight excluding hydrogens is 242 g/mol. The standard InChI is InChI=1S/C14H11N3O2/c1-9-5-11(8-15-7-9)14-16-13(17-19-14)10-3-2-4-12(18)6-10/h2-8,18H,1H3. The van der Waals surface area contributed by atoms with Gasteiger partial charge in [-0.15, -0.1) is 0 Å². The number of benzene rings is 1. The van der Waals surface area contributed by atoms with E-state index < -0.39 is 0 Å². The maximum atomic E-state index is 9.44. The Balaban J connectivity index is 2.00. The molecule has 0 spiro atoms. The molecule has 5 heteroatoms. The lowest BCUT2D eigenvalue weighted by molar-refractivity contribution is 0.432. The van der Waals surface area contributed by atoms with Crippen molar-refractivity contribution in [3.63, 3.8) is 0 Å². The average molecular weight is 253 g/mol. The van der Waals surface area contributed by atoms with E-state index in [0.29, 0.717) is 17.3 Å². The monoisotopic (exact) mass is 253 g/mol. The van der Waals surface area contributed by atoms with Gasteiger partial charge >= 0.3 is 0 Å². The van der Waals surface area contributed by atoms with Crippen LogP contribution in [-0.2, 0) is 0 Å². The summed E-state index contributed by atoms with van der Waals surface area (Å²) in [5, 5.41) is 13.3. The van der Waals surface area contributed by atoms with Crippen LogP contribution in [0.1, 0.15) is 5.56 Å². The number of pyridine rings is 1. The zero-order chi connectivity index (χ0) is 13.2. The second-order valence-corrected chi connectivity index (χ2v) is 4.22. The van der Waals surface area contributed by atoms with Gasteiger partial charge in [-0.25, -0.2) is 0 Å². The molecule has 94 valence electrons. The van der Waals surface area contributed by atoms with Crippen molar-refractivity contribution in [2.75, 3.05) is 0 Å². The largest absolute Gasteiger partial charge is 0.508 e. The van der Waals surface area contributed by atoms with E-state index in [0.717, 1.165) is 11.1 Å². The van der Waals surface area contributed by atoms with E-state index >= 15 is 0 Å². The van der Waals surface area contributed by atoms with Gasteiger partial charge in [-0.2, -0.15) is 4.98 Å². The number of phenolic OH excluding ortho intramolecular Hbond substituents is 1. The third-order valence-corrected chi connectivity index (χ3v) is 2.65. The summed E-state index contributed by atoms with van der Waals surface area (Å²) in [6.07, 6.45) is 3.43. The molecule has 19 heavy (non-hydrogen) atoms. The summed E-state index contributed by atoms with van der Waals surface area (Å²) in [4.78, 5) is 8.39. The Kier molecular flexibility index (Phi) is 2.72. The molecule has 5 nitrogen and oxygen atoms in total. The highest BCUT2D eigenvalue weighted by atomic mass is 16.5. The molecule has 1 aromatic carbocycles. The van der Waals surface area contributed by atoms with Crippen molar-refractivity contribution in [3.05, 3.63) is 48.3 Å². The Morgan fingerprint density at radius 2 is 2.00 bits per heavy atom. The number of nitrogens with zero attached hydrogens (tertiary/aromatic N) is 3. The maximum absolute atomic E-state index is 9.44. The van der Waals surface area contributed by atoms with E-state index in [-0.39, 0.29) is 5.75 Å². The van der Waals surface area contributed by atoms with Crippen LogP contribution in [0.15, 0.2) is 47.2 Å². The van der Waals surface area contributed by atoms with E-state index in [2.05, 4.69) is 15.1 Å². The van der Waals surface area contributed by atoms with Gasteiger partial charge in [-0.1, -0.05) is 17.3 Å². The number of aryl methyl sites for hydroxylation is 1. The van der Waals surface area contributed by atoms with E-state index in [4.69, 9.17) is 4.52 Å². The van der Waals surface area contributed by atoms with Gasteiger partial charge in [-0.05, 0) is 30.7 Å². The molecule has 0 unspecified atom stereocenters. The third-order valence-electron chi connectivity index (χ3n) is 2.65. The summed E-state index contributed by atoms with van der Waals surface area (Å²) >= 11 is 0. The van der Waals surface area contributed by atoms with Gasteiger partial charge in [0.1, 0.15) is 5.75 Å². The zero-order valence-corrected chi connectivity index (χ0v) is 10.2. The highest BCUT2D eigenvalue weighted by Crippen LogP contribution is 2.24. The van der Waals surface area contributed by atoms with Crippen LogP contribution in [0, 0.1) is 6.92 Å². The Bertz CT molecular complexity index is 662. The van der Waals surface area contributed by atoms with E-state index in [9.17, 15) is 5.11 Å². The Hall–Kier alpha value is -2.69. The van der Waals surface area contributed by atoms with Crippen LogP contribution in [0.4, 0.5) is 0 Å². The van der Waals surface area contributed by atoms with Gasteiger partial charge in [0.2, 0.25) is 5.82 Å². The molecule has 0 aliphatic heterocycles. The zero-order valence-electron chi connectivity index (χ0n) is 10.2. The van der Waals surface area contributed by atoms with Gasteiger partial charge < -0.3 is 9.63 Å². The topological polar surface area (TPSA) is 72.0 Å². The molecule has 0 radical (unpaired) electrons. The molecular formula is C14H11N3O2. The lowest BCUT2D eigenvalue weighted by Gasteiger charge is -1.95. The fourth-order valence-corrected chi connectivity index (χ4v) is 1.77. The second-order valence-electron chi connectivity index (χ2n) is 4.22. The minimum Gasteiger partial charge on any atom is -0.508 e. The van der Waals surface area contributed by atoms with Crippen molar-refractivity contribution in [3.8, 4) is 28.6 Å². The van der Waals surface area contributed by atoms with E-state index in [1.165, 1.54) is 0 Å². The van der Waals surface area contributed by atoms with Crippen molar-refractivity contribution in [1.29, 1.82) is 0 Å². The highest BCUT2D eigenvalue weighted by molar-refractivity contribution is 5.60. The van der Waals surface area contributed by atoms with Crippen molar-refractivity contribution >= 4 is 0 Å². The van der Waals surface area contributed by atoms with Crippen molar-refractivity contribution in [2.45, 2.75) is 6.92 Å². The van der Waals surface area contributed by atoms with Crippen LogP contribution >= 0.6 is 0 Å². The van der Waals surface area contributed by atoms with Gasteiger partial charge in [-0.3, -0.25) is 4.98 Å². The summed E-state index contributed by atoms with van der Waals surface area (Å²) in [6, 6.07) is 8.64. The van der Waals surface area contributed by atoms with Crippen LogP contribution in [0.25, 0.3) is 22.8 Å². The molecule has 0 amide bonds. The predicted molar refractivity (Wildman–Crippen MR) is 69.4 cm³/mol. The van der Waals surface area contributed by atoms with Crippen molar-refractivity contribution < 1.29 is 9.63 Å². The maximum Gasteiger partial charge on any atom is 0.259 e. The first kappa shape index (κ1) is 11.4. The first-order valence-electron chi connectivity index (χ1n) is 5.77. The Morgan fingerprint density at radius 3 is 2.79 bits per heavy atom. The summed E-state index contributed by atoms with van der Waals surface area (Å²) in [6.45, 7) is 1.95. The summed E-state index contributed by atoms with van der Waals surface area (Å²) in [7, 11) is 0. The van der Waals surface area contributed by atoms with Crippen LogP contribution in [0.3, 0.4) is 0 Å². The predicted octanol–water partition coefficient (Wildman–Crippen LogP) is 2.81. The summed E-state index contributed by atoms with van der Waals surface area (Å²) < 4.78 is 5.22. The Labute approximate surface area is 109 Å². The lowest BCUT2D eigenvalue weighted by atomic mass is 10.2. The lowest BCUT2D eigenvalue weighted by Crippen LogP contribution is -1.83. The molecule has 2 aromatic heterocycles. The smallest absolute Gasteiger partial charge is 0.259 e. The summed E-state index contributed by atoms with van der Waals surface area (Å²) in [5.41, 5.74) is 2.50. The fraction of sp³-hybridized carbons (Fsp3) is 0.0714. The molecule has 0 saturated carbocycles. The van der Waals surface area contributed by atoms with Gasteiger partial charge in [0.15, 0.2) is 0 Å². The molecule has 0 atom stereocenters. The molecule has 2 heterocycles. The average Bonchev–Trinajstić information content (AvgIpc) is 2.88. The molecule has 0 saturated heterocycles. The third kappa shape index (κ3) is 2.30. The molecule has 3 aromatic rings. The van der Waals surface area contributed by atoms with Crippen LogP contribution in [0.5, 0.6) is 5.75 Å². The van der Waals surface area contributed by atoms with Crippen LogP contribution in [-0.4, -0.2) is 20.2 Å². The second kappa shape index (κ2) is 4.53. The minimum absolute atomic E-state index is 0.168. The van der Waals surface area contributed by atoms with Crippen molar-refractivity contribution in [1.82, 2.24) is 15.1 Å². The first-order chi connectivity index (χ1) is 9.22. The number of hydrogen-bond acceptors (Lipinski definition) is 5.